The fourth-order valence-electron chi connectivity index (χ4n) is 2.09. The van der Waals surface area contributed by atoms with Gasteiger partial charge in [-0.3, -0.25) is 0 Å². The molecule has 0 radical (unpaired) electrons. The maximum atomic E-state index is 10.2. The van der Waals surface area contributed by atoms with Gasteiger partial charge in [-0.25, -0.2) is 4.98 Å². The van der Waals surface area contributed by atoms with Crippen LogP contribution >= 0.6 is 27.3 Å². The first-order valence-corrected chi connectivity index (χ1v) is 7.37. The molecule has 2 aromatic rings. The summed E-state index contributed by atoms with van der Waals surface area (Å²) in [5.74, 6) is 0.745. The number of aryl methyl sites for hydroxylation is 1. The summed E-state index contributed by atoms with van der Waals surface area (Å²) >= 11 is 4.98. The second kappa shape index (κ2) is 4.64. The number of nitrogens with zero attached hydrogens (tertiary/aromatic N) is 1. The van der Waals surface area contributed by atoms with Gasteiger partial charge in [0.1, 0.15) is 10.8 Å². The molecular weight excluding hydrogens is 314 g/mol. The lowest BCUT2D eigenvalue weighted by Gasteiger charge is -2.28. The molecule has 2 atom stereocenters. The Morgan fingerprint density at radius 1 is 1.50 bits per heavy atom. The molecule has 0 bridgehead atoms. The smallest absolute Gasteiger partial charge is 0.153 e. The van der Waals surface area contributed by atoms with E-state index in [0.29, 0.717) is 6.42 Å². The van der Waals surface area contributed by atoms with Crippen LogP contribution in [0.25, 0.3) is 0 Å². The molecule has 0 spiro atoms. The predicted molar refractivity (Wildman–Crippen MR) is 73.9 cm³/mol. The first-order chi connectivity index (χ1) is 8.63. The van der Waals surface area contributed by atoms with Crippen molar-refractivity contribution >= 4 is 27.3 Å². The van der Waals surface area contributed by atoms with Gasteiger partial charge in [0.15, 0.2) is 6.10 Å². The second-order valence-electron chi connectivity index (χ2n) is 4.37. The number of aliphatic hydroxyl groups excluding tert-OH is 1. The highest BCUT2D eigenvalue weighted by Gasteiger charge is 2.29. The molecule has 1 aliphatic rings. The molecule has 1 aliphatic heterocycles. The van der Waals surface area contributed by atoms with Crippen LogP contribution < -0.4 is 4.74 Å². The maximum absolute atomic E-state index is 10.2. The minimum atomic E-state index is -0.500. The van der Waals surface area contributed by atoms with Crippen molar-refractivity contribution in [3.63, 3.8) is 0 Å². The number of aliphatic hydroxyl groups is 1. The Morgan fingerprint density at radius 3 is 3.06 bits per heavy atom. The molecule has 1 aromatic heterocycles. The molecule has 0 aliphatic carbocycles. The molecule has 5 heteroatoms. The minimum absolute atomic E-state index is 0.146. The van der Waals surface area contributed by atoms with Gasteiger partial charge < -0.3 is 9.84 Å². The molecule has 18 heavy (non-hydrogen) atoms. The maximum Gasteiger partial charge on any atom is 0.153 e. The Labute approximate surface area is 118 Å². The van der Waals surface area contributed by atoms with Crippen molar-refractivity contribution in [3.8, 4) is 5.75 Å². The molecule has 1 N–H and O–H groups in total. The van der Waals surface area contributed by atoms with E-state index in [1.807, 2.05) is 30.5 Å². The number of fused-ring (bicyclic) bond motifs is 1. The van der Waals surface area contributed by atoms with Crippen molar-refractivity contribution in [2.45, 2.75) is 25.6 Å². The molecule has 0 saturated carbocycles. The van der Waals surface area contributed by atoms with Crippen LogP contribution in [0.1, 0.15) is 34.9 Å². The van der Waals surface area contributed by atoms with E-state index in [0.717, 1.165) is 26.5 Å². The van der Waals surface area contributed by atoms with Gasteiger partial charge in [0.2, 0.25) is 0 Å². The van der Waals surface area contributed by atoms with Gasteiger partial charge in [-0.1, -0.05) is 15.9 Å². The Balaban J connectivity index is 1.94. The van der Waals surface area contributed by atoms with Crippen molar-refractivity contribution < 1.29 is 9.84 Å². The van der Waals surface area contributed by atoms with Gasteiger partial charge in [-0.05, 0) is 25.1 Å². The van der Waals surface area contributed by atoms with E-state index in [4.69, 9.17) is 4.74 Å². The van der Waals surface area contributed by atoms with Gasteiger partial charge in [0.25, 0.3) is 0 Å². The van der Waals surface area contributed by atoms with E-state index in [1.54, 1.807) is 11.3 Å². The van der Waals surface area contributed by atoms with E-state index in [1.165, 1.54) is 0 Å². The van der Waals surface area contributed by atoms with Crippen molar-refractivity contribution in [1.82, 2.24) is 4.98 Å². The zero-order valence-electron chi connectivity index (χ0n) is 9.76. The minimum Gasteiger partial charge on any atom is -0.483 e. The highest BCUT2D eigenvalue weighted by atomic mass is 79.9. The number of hydrogen-bond acceptors (Lipinski definition) is 4. The van der Waals surface area contributed by atoms with Gasteiger partial charge in [0, 0.05) is 27.5 Å². The third-order valence-electron chi connectivity index (χ3n) is 2.95. The summed E-state index contributed by atoms with van der Waals surface area (Å²) in [6.45, 7) is 1.96. The number of rotatable bonds is 1. The van der Waals surface area contributed by atoms with E-state index in [-0.39, 0.29) is 6.10 Å². The van der Waals surface area contributed by atoms with E-state index in [2.05, 4.69) is 20.9 Å². The fourth-order valence-corrected chi connectivity index (χ4v) is 3.31. The standard InChI is InChI=1S/C13H12BrNO2S/c1-7-6-18-13(15-7)12-5-10(16)9-4-8(14)2-3-11(9)17-12/h2-4,6,10,12,16H,5H2,1H3/t10-,12?/m1/s1. The average Bonchev–Trinajstić information content (AvgIpc) is 2.77. The van der Waals surface area contributed by atoms with Crippen molar-refractivity contribution in [3.05, 3.63) is 44.3 Å². The third kappa shape index (κ3) is 2.18. The van der Waals surface area contributed by atoms with Gasteiger partial charge >= 0.3 is 0 Å². The second-order valence-corrected chi connectivity index (χ2v) is 6.17. The van der Waals surface area contributed by atoms with Crippen LogP contribution in [-0.2, 0) is 0 Å². The number of hydrogen-bond donors (Lipinski definition) is 1. The number of thiazole rings is 1. The lowest BCUT2D eigenvalue weighted by molar-refractivity contribution is 0.0655. The summed E-state index contributed by atoms with van der Waals surface area (Å²) < 4.78 is 6.88. The van der Waals surface area contributed by atoms with Crippen molar-refractivity contribution in [2.24, 2.45) is 0 Å². The van der Waals surface area contributed by atoms with Crippen molar-refractivity contribution in [1.29, 1.82) is 0 Å². The van der Waals surface area contributed by atoms with Gasteiger partial charge in [-0.15, -0.1) is 11.3 Å². The van der Waals surface area contributed by atoms with Crippen LogP contribution in [0.5, 0.6) is 5.75 Å². The molecule has 3 nitrogen and oxygen atoms in total. The van der Waals surface area contributed by atoms with Crippen molar-refractivity contribution in [2.75, 3.05) is 0 Å². The van der Waals surface area contributed by atoms with Crippen LogP contribution in [0, 0.1) is 6.92 Å². The fraction of sp³-hybridized carbons (Fsp3) is 0.308. The highest BCUT2D eigenvalue weighted by Crippen LogP contribution is 2.42. The number of aromatic nitrogens is 1. The van der Waals surface area contributed by atoms with Crippen LogP contribution in [0.2, 0.25) is 0 Å². The average molecular weight is 326 g/mol. The molecule has 1 aromatic carbocycles. The molecule has 94 valence electrons. The summed E-state index contributed by atoms with van der Waals surface area (Å²) in [6.07, 6.45) is -0.0935. The monoisotopic (exact) mass is 325 g/mol. The number of benzene rings is 1. The Bertz CT molecular complexity index is 584. The topological polar surface area (TPSA) is 42.4 Å². The van der Waals surface area contributed by atoms with E-state index in [9.17, 15) is 5.11 Å². The first kappa shape index (κ1) is 12.1. The molecular formula is C13H12BrNO2S. The summed E-state index contributed by atoms with van der Waals surface area (Å²) in [4.78, 5) is 4.43. The van der Waals surface area contributed by atoms with Crippen LogP contribution in [0.15, 0.2) is 28.1 Å². The summed E-state index contributed by atoms with van der Waals surface area (Å²) in [7, 11) is 0. The Hall–Kier alpha value is -0.910. The molecule has 0 fully saturated rings. The first-order valence-electron chi connectivity index (χ1n) is 5.69. The molecule has 2 heterocycles. The third-order valence-corrected chi connectivity index (χ3v) is 4.50. The Kier molecular flexibility index (Phi) is 3.13. The number of ether oxygens (including phenoxy) is 1. The summed E-state index contributed by atoms with van der Waals surface area (Å²) in [5.41, 5.74) is 1.84. The lowest BCUT2D eigenvalue weighted by Crippen LogP contribution is -2.18. The highest BCUT2D eigenvalue weighted by molar-refractivity contribution is 9.10. The zero-order valence-corrected chi connectivity index (χ0v) is 12.2. The Morgan fingerprint density at radius 2 is 2.33 bits per heavy atom. The normalized spacial score (nSPS) is 22.4. The molecule has 3 rings (SSSR count). The quantitative estimate of drug-likeness (QED) is 0.867. The summed E-state index contributed by atoms with van der Waals surface area (Å²) in [5, 5.41) is 13.1. The number of halogens is 1. The van der Waals surface area contributed by atoms with Crippen LogP contribution in [-0.4, -0.2) is 10.1 Å². The van der Waals surface area contributed by atoms with Gasteiger partial charge in [0.05, 0.1) is 6.10 Å². The molecule has 1 unspecified atom stereocenters. The van der Waals surface area contributed by atoms with E-state index >= 15 is 0 Å². The zero-order chi connectivity index (χ0) is 12.7. The predicted octanol–water partition coefficient (Wildman–Crippen LogP) is 3.77. The summed E-state index contributed by atoms with van der Waals surface area (Å²) in [6, 6.07) is 5.71. The SMILES string of the molecule is Cc1csc(C2C[C@@H](O)c3cc(Br)ccc3O2)n1. The lowest BCUT2D eigenvalue weighted by atomic mass is 9.99. The van der Waals surface area contributed by atoms with Gasteiger partial charge in [-0.2, -0.15) is 0 Å². The van der Waals surface area contributed by atoms with Crippen LogP contribution in [0.4, 0.5) is 0 Å². The molecule has 0 saturated heterocycles. The molecule has 0 amide bonds. The van der Waals surface area contributed by atoms with Crippen LogP contribution in [0.3, 0.4) is 0 Å². The van der Waals surface area contributed by atoms with E-state index < -0.39 is 6.10 Å². The largest absolute Gasteiger partial charge is 0.483 e.